The summed E-state index contributed by atoms with van der Waals surface area (Å²) in [4.78, 5) is 40.6. The Morgan fingerprint density at radius 1 is 1.34 bits per heavy atom. The first kappa shape index (κ1) is 25.2. The molecular formula is C25H28ClFN2O6. The van der Waals surface area contributed by atoms with Gasteiger partial charge in [-0.25, -0.2) is 4.39 Å². The SMILES string of the molecule is COC[C@@H]1C[C@]12CN(C)C(=O)/C1=C(\O)C(=O)/C(C(=O)NCc3ccc(OC)c(Cl)c3F)=C\CCC12. The van der Waals surface area contributed by atoms with Crippen molar-refractivity contribution in [1.82, 2.24) is 10.2 Å². The zero-order chi connectivity index (χ0) is 25.5. The molecule has 8 nitrogen and oxygen atoms in total. The first-order valence-electron chi connectivity index (χ1n) is 11.4. The predicted octanol–water partition coefficient (Wildman–Crippen LogP) is 2.95. The monoisotopic (exact) mass is 506 g/mol. The number of likely N-dealkylation sites (tertiary alicyclic amines) is 1. The number of allylic oxidation sites excluding steroid dienone is 2. The van der Waals surface area contributed by atoms with Crippen LogP contribution in [0.15, 0.2) is 35.1 Å². The second-order valence-corrected chi connectivity index (χ2v) is 9.71. The van der Waals surface area contributed by atoms with Crippen LogP contribution in [0.1, 0.15) is 24.8 Å². The van der Waals surface area contributed by atoms with Gasteiger partial charge in [0.05, 0.1) is 18.3 Å². The van der Waals surface area contributed by atoms with Crippen molar-refractivity contribution in [2.45, 2.75) is 25.8 Å². The molecule has 35 heavy (non-hydrogen) atoms. The Morgan fingerprint density at radius 3 is 2.77 bits per heavy atom. The lowest BCUT2D eigenvalue weighted by molar-refractivity contribution is -0.132. The minimum Gasteiger partial charge on any atom is -0.504 e. The van der Waals surface area contributed by atoms with Crippen LogP contribution in [0.3, 0.4) is 0 Å². The number of likely N-dealkylation sites (N-methyl/N-ethyl adjacent to an activating group) is 1. The standard InChI is InChI=1S/C25H28ClFN2O6/c1-29-12-25(9-14(25)11-34-2)16-6-4-5-15(21(30)22(31)18(16)24(29)33)23(32)28-10-13-7-8-17(35-3)19(26)20(13)27/h5,7-8,14,16,31H,4,6,9-12H2,1-3H3,(H,28,32)/b15-5+,22-18-/t14-,16?,25-/m0/s1. The van der Waals surface area contributed by atoms with E-state index >= 15 is 0 Å². The number of methoxy groups -OCH3 is 2. The molecule has 3 aliphatic rings. The quantitative estimate of drug-likeness (QED) is 0.575. The number of nitrogens with one attached hydrogen (secondary N) is 1. The molecule has 2 aliphatic carbocycles. The van der Waals surface area contributed by atoms with Gasteiger partial charge in [-0.15, -0.1) is 0 Å². The van der Waals surface area contributed by atoms with E-state index in [1.165, 1.54) is 30.2 Å². The summed E-state index contributed by atoms with van der Waals surface area (Å²) in [6, 6.07) is 2.89. The van der Waals surface area contributed by atoms with E-state index in [2.05, 4.69) is 5.32 Å². The number of aliphatic hydroxyl groups excluding tert-OH is 1. The molecule has 0 aromatic heterocycles. The third-order valence-electron chi connectivity index (χ3n) is 7.35. The van der Waals surface area contributed by atoms with Gasteiger partial charge in [-0.3, -0.25) is 14.4 Å². The second kappa shape index (κ2) is 9.62. The lowest BCUT2D eigenvalue weighted by Crippen LogP contribution is -2.48. The van der Waals surface area contributed by atoms with E-state index in [1.807, 2.05) is 0 Å². The van der Waals surface area contributed by atoms with Crippen LogP contribution >= 0.6 is 11.6 Å². The molecule has 1 spiro atoms. The number of amides is 2. The minimum atomic E-state index is -0.918. The molecule has 0 radical (unpaired) electrons. The summed E-state index contributed by atoms with van der Waals surface area (Å²) in [5, 5.41) is 13.2. The van der Waals surface area contributed by atoms with E-state index in [0.717, 1.165) is 6.42 Å². The Labute approximate surface area is 207 Å². The van der Waals surface area contributed by atoms with Gasteiger partial charge in [-0.2, -0.15) is 0 Å². The second-order valence-electron chi connectivity index (χ2n) is 9.33. The fourth-order valence-corrected chi connectivity index (χ4v) is 5.74. The summed E-state index contributed by atoms with van der Waals surface area (Å²) in [5.41, 5.74) is -0.364. The number of nitrogens with zero attached hydrogens (tertiary/aromatic N) is 1. The van der Waals surface area contributed by atoms with Crippen LogP contribution in [0.5, 0.6) is 5.75 Å². The molecule has 1 saturated carbocycles. The van der Waals surface area contributed by atoms with Crippen molar-refractivity contribution < 1.29 is 33.4 Å². The number of ether oxygens (including phenoxy) is 2. The third-order valence-corrected chi connectivity index (χ3v) is 7.70. The van der Waals surface area contributed by atoms with Crippen LogP contribution in [0, 0.1) is 23.1 Å². The van der Waals surface area contributed by atoms with Gasteiger partial charge in [0.15, 0.2) is 11.6 Å². The number of hydrogen-bond donors (Lipinski definition) is 2. The Morgan fingerprint density at radius 2 is 2.09 bits per heavy atom. The van der Waals surface area contributed by atoms with Crippen molar-refractivity contribution >= 4 is 29.2 Å². The van der Waals surface area contributed by atoms with Gasteiger partial charge in [-0.05, 0) is 31.2 Å². The highest BCUT2D eigenvalue weighted by Gasteiger charge is 2.63. The number of Topliss-reactive ketones (excluding diaryl/α,β-unsaturated/α-hetero) is 1. The highest BCUT2D eigenvalue weighted by atomic mass is 35.5. The van der Waals surface area contributed by atoms with Gasteiger partial charge in [0.1, 0.15) is 10.8 Å². The number of aliphatic hydroxyl groups is 1. The molecule has 1 aliphatic heterocycles. The van der Waals surface area contributed by atoms with Gasteiger partial charge in [0.2, 0.25) is 5.78 Å². The highest BCUT2D eigenvalue weighted by molar-refractivity contribution is 6.32. The number of halogens is 2. The van der Waals surface area contributed by atoms with Crippen LogP contribution in [0.4, 0.5) is 4.39 Å². The normalized spacial score (nSPS) is 29.7. The largest absolute Gasteiger partial charge is 0.504 e. The molecule has 3 atom stereocenters. The topological polar surface area (TPSA) is 105 Å². The smallest absolute Gasteiger partial charge is 0.255 e. The predicted molar refractivity (Wildman–Crippen MR) is 125 cm³/mol. The van der Waals surface area contributed by atoms with Gasteiger partial charge >= 0.3 is 0 Å². The number of fused-ring (bicyclic) bond motifs is 2. The van der Waals surface area contributed by atoms with Gasteiger partial charge in [0.25, 0.3) is 11.8 Å². The van der Waals surface area contributed by atoms with Crippen molar-refractivity contribution in [3.05, 3.63) is 51.5 Å². The summed E-state index contributed by atoms with van der Waals surface area (Å²) >= 11 is 5.93. The molecule has 4 rings (SSSR count). The van der Waals surface area contributed by atoms with E-state index in [9.17, 15) is 23.9 Å². The van der Waals surface area contributed by atoms with Crippen LogP contribution in [0.2, 0.25) is 5.02 Å². The molecule has 1 saturated heterocycles. The first-order chi connectivity index (χ1) is 16.7. The molecule has 1 heterocycles. The van der Waals surface area contributed by atoms with E-state index in [1.54, 1.807) is 14.2 Å². The van der Waals surface area contributed by atoms with Crippen molar-refractivity contribution in [2.75, 3.05) is 34.4 Å². The van der Waals surface area contributed by atoms with Crippen molar-refractivity contribution in [1.29, 1.82) is 0 Å². The van der Waals surface area contributed by atoms with Crippen molar-refractivity contribution in [3.8, 4) is 5.75 Å². The summed E-state index contributed by atoms with van der Waals surface area (Å²) < 4.78 is 24.8. The zero-order valence-corrected chi connectivity index (χ0v) is 20.6. The number of carbonyl (C=O) groups excluding carboxylic acids is 3. The molecule has 1 aromatic carbocycles. The molecule has 2 fully saturated rings. The number of hydrogen-bond acceptors (Lipinski definition) is 6. The Bertz CT molecular complexity index is 1150. The minimum absolute atomic E-state index is 0.0636. The Kier molecular flexibility index (Phi) is 6.92. The number of carbonyl (C=O) groups is 3. The van der Waals surface area contributed by atoms with E-state index in [4.69, 9.17) is 21.1 Å². The van der Waals surface area contributed by atoms with Crippen LogP contribution in [-0.4, -0.2) is 62.0 Å². The summed E-state index contributed by atoms with van der Waals surface area (Å²) in [5.74, 6) is -3.46. The summed E-state index contributed by atoms with van der Waals surface area (Å²) in [7, 11) is 4.63. The zero-order valence-electron chi connectivity index (χ0n) is 19.8. The van der Waals surface area contributed by atoms with E-state index in [0.29, 0.717) is 26.0 Å². The lowest BCUT2D eigenvalue weighted by atomic mass is 9.72. The maximum Gasteiger partial charge on any atom is 0.255 e. The molecule has 0 bridgehead atoms. The van der Waals surface area contributed by atoms with Gasteiger partial charge < -0.3 is 24.8 Å². The molecule has 2 amide bonds. The number of benzene rings is 1. The summed E-state index contributed by atoms with van der Waals surface area (Å²) in [6.07, 6.45) is 3.19. The lowest BCUT2D eigenvalue weighted by Gasteiger charge is -2.40. The average molecular weight is 507 g/mol. The van der Waals surface area contributed by atoms with Crippen LogP contribution in [0.25, 0.3) is 0 Å². The number of piperidine rings is 1. The fraction of sp³-hybridized carbons (Fsp3) is 0.480. The number of ketones is 1. The highest BCUT2D eigenvalue weighted by Crippen LogP contribution is 2.63. The third kappa shape index (κ3) is 4.31. The first-order valence-corrected chi connectivity index (χ1v) is 11.8. The molecule has 188 valence electrons. The molecular weight excluding hydrogens is 479 g/mol. The van der Waals surface area contributed by atoms with Crippen LogP contribution in [-0.2, 0) is 25.7 Å². The fourth-order valence-electron chi connectivity index (χ4n) is 5.48. The maximum atomic E-state index is 14.5. The van der Waals surface area contributed by atoms with Gasteiger partial charge in [0, 0.05) is 50.8 Å². The van der Waals surface area contributed by atoms with E-state index < -0.39 is 29.2 Å². The molecule has 10 heteroatoms. The average Bonchev–Trinajstić information content (AvgIpc) is 3.51. The Hall–Kier alpha value is -2.91. The molecule has 1 aromatic rings. The molecule has 1 unspecified atom stereocenters. The number of rotatable bonds is 6. The van der Waals surface area contributed by atoms with Crippen molar-refractivity contribution in [2.24, 2.45) is 17.3 Å². The van der Waals surface area contributed by atoms with Crippen LogP contribution < -0.4 is 10.1 Å². The van der Waals surface area contributed by atoms with Crippen molar-refractivity contribution in [3.63, 3.8) is 0 Å². The summed E-state index contributed by atoms with van der Waals surface area (Å²) in [6.45, 7) is 0.834. The van der Waals surface area contributed by atoms with E-state index in [-0.39, 0.29) is 51.3 Å². The Balaban J connectivity index is 1.56. The van der Waals surface area contributed by atoms with Gasteiger partial charge in [-0.1, -0.05) is 23.7 Å². The maximum absolute atomic E-state index is 14.5. The molecule has 2 N–H and O–H groups in total.